The van der Waals surface area contributed by atoms with Crippen LogP contribution in [0.15, 0.2) is 36.5 Å². The molecular formula is C16H18ClN3O. The second kappa shape index (κ2) is 6.41. The first-order valence-corrected chi connectivity index (χ1v) is 7.74. The average molecular weight is 304 g/mol. The number of carbonyl (C=O) groups excluding carboxylic acids is 1. The lowest BCUT2D eigenvalue weighted by Gasteiger charge is -2.34. The van der Waals surface area contributed by atoms with Gasteiger partial charge in [0.05, 0.1) is 5.52 Å². The maximum absolute atomic E-state index is 12.6. The highest BCUT2D eigenvalue weighted by atomic mass is 35.5. The van der Waals surface area contributed by atoms with E-state index in [2.05, 4.69) is 9.88 Å². The summed E-state index contributed by atoms with van der Waals surface area (Å²) >= 11 is 5.76. The molecule has 0 saturated carbocycles. The average Bonchev–Trinajstić information content (AvgIpc) is 2.55. The van der Waals surface area contributed by atoms with Gasteiger partial charge in [-0.3, -0.25) is 14.7 Å². The molecule has 0 aliphatic carbocycles. The molecule has 1 saturated heterocycles. The monoisotopic (exact) mass is 303 g/mol. The lowest BCUT2D eigenvalue weighted by atomic mass is 10.1. The summed E-state index contributed by atoms with van der Waals surface area (Å²) in [5, 5.41) is 1.00. The van der Waals surface area contributed by atoms with Crippen molar-refractivity contribution >= 4 is 28.4 Å². The van der Waals surface area contributed by atoms with Crippen LogP contribution in [0.4, 0.5) is 0 Å². The molecule has 5 heteroatoms. The van der Waals surface area contributed by atoms with Crippen molar-refractivity contribution in [3.8, 4) is 0 Å². The Bertz CT molecular complexity index is 638. The maximum Gasteiger partial charge on any atom is 0.253 e. The van der Waals surface area contributed by atoms with Crippen molar-refractivity contribution < 1.29 is 4.79 Å². The number of hydrogen-bond donors (Lipinski definition) is 0. The van der Waals surface area contributed by atoms with Gasteiger partial charge in [0.2, 0.25) is 0 Å². The second-order valence-electron chi connectivity index (χ2n) is 5.23. The molecule has 2 aromatic rings. The molecule has 0 spiro atoms. The fraction of sp³-hybridized carbons (Fsp3) is 0.375. The molecule has 0 unspecified atom stereocenters. The van der Waals surface area contributed by atoms with E-state index < -0.39 is 0 Å². The van der Waals surface area contributed by atoms with Gasteiger partial charge < -0.3 is 4.90 Å². The van der Waals surface area contributed by atoms with Crippen LogP contribution in [-0.4, -0.2) is 59.3 Å². The van der Waals surface area contributed by atoms with E-state index in [4.69, 9.17) is 11.6 Å². The molecular weight excluding hydrogens is 286 g/mol. The van der Waals surface area contributed by atoms with Crippen molar-refractivity contribution in [2.45, 2.75) is 0 Å². The summed E-state index contributed by atoms with van der Waals surface area (Å²) in [6.45, 7) is 4.22. The summed E-state index contributed by atoms with van der Waals surface area (Å²) in [7, 11) is 0. The highest BCUT2D eigenvalue weighted by molar-refractivity contribution is 6.18. The summed E-state index contributed by atoms with van der Waals surface area (Å²) in [6.07, 6.45) is 1.76. The number of rotatable bonds is 3. The Morgan fingerprint density at radius 1 is 1.19 bits per heavy atom. The van der Waals surface area contributed by atoms with Gasteiger partial charge in [0.15, 0.2) is 0 Å². The van der Waals surface area contributed by atoms with Crippen LogP contribution in [0.25, 0.3) is 10.9 Å². The first kappa shape index (κ1) is 14.3. The molecule has 0 bridgehead atoms. The zero-order valence-electron chi connectivity index (χ0n) is 11.8. The molecule has 0 atom stereocenters. The first-order chi connectivity index (χ1) is 10.3. The van der Waals surface area contributed by atoms with Crippen molar-refractivity contribution in [2.75, 3.05) is 38.6 Å². The van der Waals surface area contributed by atoms with Crippen LogP contribution in [0.3, 0.4) is 0 Å². The number of alkyl halides is 1. The maximum atomic E-state index is 12.6. The second-order valence-corrected chi connectivity index (χ2v) is 5.61. The molecule has 1 aliphatic rings. The number of pyridine rings is 1. The lowest BCUT2D eigenvalue weighted by molar-refractivity contribution is 0.0644. The summed E-state index contributed by atoms with van der Waals surface area (Å²) in [5.41, 5.74) is 1.65. The minimum absolute atomic E-state index is 0.103. The number of amides is 1. The van der Waals surface area contributed by atoms with Crippen LogP contribution in [-0.2, 0) is 0 Å². The molecule has 1 aromatic carbocycles. The number of halogens is 1. The van der Waals surface area contributed by atoms with Crippen LogP contribution in [0.5, 0.6) is 0 Å². The minimum Gasteiger partial charge on any atom is -0.336 e. The van der Waals surface area contributed by atoms with Crippen LogP contribution in [0.1, 0.15) is 10.4 Å². The van der Waals surface area contributed by atoms with Gasteiger partial charge in [0.1, 0.15) is 0 Å². The molecule has 3 rings (SSSR count). The number of hydrogen-bond acceptors (Lipinski definition) is 3. The van der Waals surface area contributed by atoms with Crippen LogP contribution < -0.4 is 0 Å². The number of aromatic nitrogens is 1. The minimum atomic E-state index is 0.103. The Hall–Kier alpha value is -1.65. The van der Waals surface area contributed by atoms with Gasteiger partial charge in [-0.15, -0.1) is 11.6 Å². The van der Waals surface area contributed by atoms with Crippen molar-refractivity contribution in [3.63, 3.8) is 0 Å². The summed E-state index contributed by atoms with van der Waals surface area (Å²) in [5.74, 6) is 0.747. The van der Waals surface area contributed by atoms with E-state index in [1.807, 2.05) is 35.2 Å². The smallest absolute Gasteiger partial charge is 0.253 e. The predicted molar refractivity (Wildman–Crippen MR) is 84.8 cm³/mol. The van der Waals surface area contributed by atoms with E-state index >= 15 is 0 Å². The van der Waals surface area contributed by atoms with Gasteiger partial charge in [-0.25, -0.2) is 0 Å². The van der Waals surface area contributed by atoms with Gasteiger partial charge >= 0.3 is 0 Å². The molecule has 2 heterocycles. The Morgan fingerprint density at radius 2 is 2.00 bits per heavy atom. The van der Waals surface area contributed by atoms with E-state index in [-0.39, 0.29) is 5.91 Å². The van der Waals surface area contributed by atoms with Crippen LogP contribution in [0.2, 0.25) is 0 Å². The zero-order valence-corrected chi connectivity index (χ0v) is 12.6. The Labute approximate surface area is 129 Å². The third-order valence-corrected chi connectivity index (χ3v) is 4.08. The lowest BCUT2D eigenvalue weighted by Crippen LogP contribution is -2.49. The van der Waals surface area contributed by atoms with Gasteiger partial charge in [-0.05, 0) is 24.3 Å². The number of carbonyl (C=O) groups is 1. The van der Waals surface area contributed by atoms with Crippen molar-refractivity contribution in [1.82, 2.24) is 14.8 Å². The normalized spacial score (nSPS) is 16.3. The molecule has 1 aliphatic heterocycles. The predicted octanol–water partition coefficient (Wildman–Crippen LogP) is 2.23. The van der Waals surface area contributed by atoms with Crippen molar-refractivity contribution in [3.05, 3.63) is 42.1 Å². The van der Waals surface area contributed by atoms with Crippen LogP contribution in [0, 0.1) is 0 Å². The largest absolute Gasteiger partial charge is 0.336 e. The first-order valence-electron chi connectivity index (χ1n) is 7.20. The third kappa shape index (κ3) is 3.17. The van der Waals surface area contributed by atoms with Gasteiger partial charge in [0.25, 0.3) is 5.91 Å². The standard InChI is InChI=1S/C16H18ClN3O/c17-5-7-19-8-10-20(11-9-19)16(21)14-3-4-15-13(12-14)2-1-6-18-15/h1-4,6,12H,5,7-11H2. The summed E-state index contributed by atoms with van der Waals surface area (Å²) in [6, 6.07) is 9.57. The zero-order chi connectivity index (χ0) is 14.7. The molecule has 4 nitrogen and oxygen atoms in total. The molecule has 110 valence electrons. The summed E-state index contributed by atoms with van der Waals surface area (Å²) < 4.78 is 0. The molecule has 1 fully saturated rings. The highest BCUT2D eigenvalue weighted by Crippen LogP contribution is 2.16. The fourth-order valence-electron chi connectivity index (χ4n) is 2.69. The molecule has 0 N–H and O–H groups in total. The highest BCUT2D eigenvalue weighted by Gasteiger charge is 2.21. The summed E-state index contributed by atoms with van der Waals surface area (Å²) in [4.78, 5) is 21.1. The molecule has 21 heavy (non-hydrogen) atoms. The fourth-order valence-corrected chi connectivity index (χ4v) is 2.92. The Balaban J connectivity index is 1.72. The Morgan fingerprint density at radius 3 is 2.76 bits per heavy atom. The van der Waals surface area contributed by atoms with E-state index in [0.717, 1.165) is 49.2 Å². The number of piperazine rings is 1. The van der Waals surface area contributed by atoms with Crippen molar-refractivity contribution in [2.24, 2.45) is 0 Å². The number of nitrogens with zero attached hydrogens (tertiary/aromatic N) is 3. The third-order valence-electron chi connectivity index (χ3n) is 3.91. The van der Waals surface area contributed by atoms with Gasteiger partial charge in [-0.2, -0.15) is 0 Å². The van der Waals surface area contributed by atoms with E-state index in [9.17, 15) is 4.79 Å². The van der Waals surface area contributed by atoms with E-state index in [1.54, 1.807) is 6.20 Å². The van der Waals surface area contributed by atoms with Gasteiger partial charge in [-0.1, -0.05) is 6.07 Å². The quantitative estimate of drug-likeness (QED) is 0.816. The van der Waals surface area contributed by atoms with Gasteiger partial charge in [0, 0.05) is 55.8 Å². The molecule has 0 radical (unpaired) electrons. The van der Waals surface area contributed by atoms with E-state index in [0.29, 0.717) is 5.88 Å². The van der Waals surface area contributed by atoms with Crippen LogP contribution >= 0.6 is 11.6 Å². The SMILES string of the molecule is O=C(c1ccc2ncccc2c1)N1CCN(CCCl)CC1. The number of fused-ring (bicyclic) bond motifs is 1. The Kier molecular flexibility index (Phi) is 4.36. The molecule has 1 aromatic heterocycles. The molecule has 1 amide bonds. The van der Waals surface area contributed by atoms with Crippen molar-refractivity contribution in [1.29, 1.82) is 0 Å². The van der Waals surface area contributed by atoms with E-state index in [1.165, 1.54) is 0 Å². The topological polar surface area (TPSA) is 36.4 Å². The number of benzene rings is 1.